The predicted octanol–water partition coefficient (Wildman–Crippen LogP) is 3.55. The van der Waals surface area contributed by atoms with Crippen molar-refractivity contribution < 1.29 is 4.74 Å². The molecule has 0 N–H and O–H groups in total. The Morgan fingerprint density at radius 3 is 2.71 bits per heavy atom. The van der Waals surface area contributed by atoms with E-state index in [1.165, 1.54) is 0 Å². The van der Waals surface area contributed by atoms with Gasteiger partial charge in [0.05, 0.1) is 7.11 Å². The van der Waals surface area contributed by atoms with Crippen LogP contribution in [0.2, 0.25) is 10.2 Å². The normalized spacial score (nSPS) is 10.5. The zero-order valence-electron chi connectivity index (χ0n) is 7.42. The number of methoxy groups -OCH3 is 1. The van der Waals surface area contributed by atoms with Gasteiger partial charge in [0, 0.05) is 16.5 Å². The van der Waals surface area contributed by atoms with Crippen LogP contribution in [0.25, 0.3) is 10.9 Å². The van der Waals surface area contributed by atoms with Crippen LogP contribution in [0.1, 0.15) is 0 Å². The monoisotopic (exact) mass is 227 g/mol. The number of nitrogens with zero attached hydrogens (tertiary/aromatic N) is 1. The summed E-state index contributed by atoms with van der Waals surface area (Å²) in [6, 6.07) is 7.12. The number of pyridine rings is 1. The lowest BCUT2D eigenvalue weighted by molar-refractivity contribution is 0.419. The van der Waals surface area contributed by atoms with Crippen molar-refractivity contribution in [2.75, 3.05) is 7.11 Å². The summed E-state index contributed by atoms with van der Waals surface area (Å²) in [5, 5.41) is 1.98. The molecule has 0 saturated carbocycles. The fourth-order valence-electron chi connectivity index (χ4n) is 1.30. The first-order chi connectivity index (χ1) is 6.70. The summed E-state index contributed by atoms with van der Waals surface area (Å²) in [7, 11) is 1.58. The standard InChI is InChI=1S/C10H7Cl2NO/c1-14-8-5-7(11)4-6-2-3-9(12)13-10(6)8/h2-5H,1H3. The van der Waals surface area contributed by atoms with Gasteiger partial charge in [-0.15, -0.1) is 0 Å². The minimum atomic E-state index is 0.443. The molecule has 0 atom stereocenters. The van der Waals surface area contributed by atoms with E-state index in [4.69, 9.17) is 27.9 Å². The maximum atomic E-state index is 5.90. The first kappa shape index (κ1) is 9.56. The van der Waals surface area contributed by atoms with Crippen molar-refractivity contribution in [3.05, 3.63) is 34.4 Å². The van der Waals surface area contributed by atoms with Gasteiger partial charge >= 0.3 is 0 Å². The number of ether oxygens (including phenoxy) is 1. The lowest BCUT2D eigenvalue weighted by atomic mass is 10.2. The number of rotatable bonds is 1. The van der Waals surface area contributed by atoms with E-state index in [9.17, 15) is 0 Å². The zero-order valence-corrected chi connectivity index (χ0v) is 8.93. The van der Waals surface area contributed by atoms with Gasteiger partial charge in [-0.3, -0.25) is 0 Å². The summed E-state index contributed by atoms with van der Waals surface area (Å²) in [6.45, 7) is 0. The average molecular weight is 228 g/mol. The molecule has 72 valence electrons. The molecule has 0 fully saturated rings. The fourth-order valence-corrected chi connectivity index (χ4v) is 1.66. The van der Waals surface area contributed by atoms with E-state index in [2.05, 4.69) is 4.98 Å². The molecule has 0 amide bonds. The Labute approximate surface area is 91.4 Å². The summed E-state index contributed by atoms with van der Waals surface area (Å²) in [5.41, 5.74) is 0.726. The molecule has 14 heavy (non-hydrogen) atoms. The minimum absolute atomic E-state index is 0.443. The second-order valence-corrected chi connectivity index (χ2v) is 3.64. The number of hydrogen-bond donors (Lipinski definition) is 0. The highest BCUT2D eigenvalue weighted by Gasteiger charge is 2.05. The second-order valence-electron chi connectivity index (χ2n) is 2.81. The van der Waals surface area contributed by atoms with Crippen molar-refractivity contribution in [3.63, 3.8) is 0 Å². The number of fused-ring (bicyclic) bond motifs is 1. The van der Waals surface area contributed by atoms with Crippen molar-refractivity contribution in [3.8, 4) is 5.75 Å². The Morgan fingerprint density at radius 1 is 1.21 bits per heavy atom. The van der Waals surface area contributed by atoms with Gasteiger partial charge in [-0.05, 0) is 18.2 Å². The molecule has 1 aromatic heterocycles. The van der Waals surface area contributed by atoms with Crippen LogP contribution >= 0.6 is 23.2 Å². The van der Waals surface area contributed by atoms with Crippen LogP contribution in [0.5, 0.6) is 5.75 Å². The van der Waals surface area contributed by atoms with E-state index in [1.807, 2.05) is 12.1 Å². The van der Waals surface area contributed by atoms with Crippen LogP contribution in [0, 0.1) is 0 Å². The van der Waals surface area contributed by atoms with Crippen LogP contribution in [0.3, 0.4) is 0 Å². The van der Waals surface area contributed by atoms with Gasteiger partial charge in [0.1, 0.15) is 16.4 Å². The van der Waals surface area contributed by atoms with Crippen molar-refractivity contribution in [2.45, 2.75) is 0 Å². The molecule has 0 bridgehead atoms. The van der Waals surface area contributed by atoms with Gasteiger partial charge in [0.2, 0.25) is 0 Å². The molecule has 0 unspecified atom stereocenters. The third-order valence-electron chi connectivity index (χ3n) is 1.91. The lowest BCUT2D eigenvalue weighted by Gasteiger charge is -2.05. The summed E-state index contributed by atoms with van der Waals surface area (Å²) in [6.07, 6.45) is 0. The molecule has 0 saturated heterocycles. The molecule has 0 aliphatic carbocycles. The van der Waals surface area contributed by atoms with Crippen molar-refractivity contribution >= 4 is 34.1 Å². The van der Waals surface area contributed by atoms with E-state index >= 15 is 0 Å². The number of benzene rings is 1. The maximum Gasteiger partial charge on any atom is 0.146 e. The highest BCUT2D eigenvalue weighted by molar-refractivity contribution is 6.32. The lowest BCUT2D eigenvalue weighted by Crippen LogP contribution is -1.88. The third kappa shape index (κ3) is 1.63. The Kier molecular flexibility index (Phi) is 2.48. The van der Waals surface area contributed by atoms with Gasteiger partial charge in [0.25, 0.3) is 0 Å². The second kappa shape index (κ2) is 3.64. The Morgan fingerprint density at radius 2 is 2.00 bits per heavy atom. The molecule has 0 aliphatic heterocycles. The Hall–Kier alpha value is -0.990. The van der Waals surface area contributed by atoms with Crippen molar-refractivity contribution in [2.24, 2.45) is 0 Å². The van der Waals surface area contributed by atoms with E-state index in [1.54, 1.807) is 19.2 Å². The topological polar surface area (TPSA) is 22.1 Å². The maximum absolute atomic E-state index is 5.90. The summed E-state index contributed by atoms with van der Waals surface area (Å²) < 4.78 is 5.16. The number of halogens is 2. The molecule has 2 aromatic rings. The molecular formula is C10H7Cl2NO. The van der Waals surface area contributed by atoms with Crippen LogP contribution in [0.4, 0.5) is 0 Å². The van der Waals surface area contributed by atoms with Crippen molar-refractivity contribution in [1.82, 2.24) is 4.98 Å². The molecule has 2 rings (SSSR count). The van der Waals surface area contributed by atoms with E-state index < -0.39 is 0 Å². The van der Waals surface area contributed by atoms with Crippen LogP contribution in [0.15, 0.2) is 24.3 Å². The molecule has 1 aromatic carbocycles. The zero-order chi connectivity index (χ0) is 10.1. The van der Waals surface area contributed by atoms with Crippen molar-refractivity contribution in [1.29, 1.82) is 0 Å². The smallest absolute Gasteiger partial charge is 0.146 e. The molecule has 0 aliphatic rings. The Balaban J connectivity index is 2.81. The number of aromatic nitrogens is 1. The molecular weight excluding hydrogens is 221 g/mol. The molecule has 4 heteroatoms. The van der Waals surface area contributed by atoms with Gasteiger partial charge in [-0.1, -0.05) is 23.2 Å². The molecule has 0 spiro atoms. The minimum Gasteiger partial charge on any atom is -0.494 e. The summed E-state index contributed by atoms with van der Waals surface area (Å²) in [5.74, 6) is 0.634. The van der Waals surface area contributed by atoms with Gasteiger partial charge in [-0.25, -0.2) is 4.98 Å². The summed E-state index contributed by atoms with van der Waals surface area (Å²) in [4.78, 5) is 4.17. The first-order valence-electron chi connectivity index (χ1n) is 4.00. The largest absolute Gasteiger partial charge is 0.494 e. The SMILES string of the molecule is COc1cc(Cl)cc2ccc(Cl)nc12. The number of hydrogen-bond acceptors (Lipinski definition) is 2. The highest BCUT2D eigenvalue weighted by Crippen LogP contribution is 2.29. The highest BCUT2D eigenvalue weighted by atomic mass is 35.5. The average Bonchev–Trinajstić information content (AvgIpc) is 2.17. The van der Waals surface area contributed by atoms with Crippen LogP contribution in [-0.2, 0) is 0 Å². The molecule has 1 heterocycles. The van der Waals surface area contributed by atoms with Gasteiger partial charge in [0.15, 0.2) is 0 Å². The van der Waals surface area contributed by atoms with Crippen LogP contribution in [-0.4, -0.2) is 12.1 Å². The Bertz CT molecular complexity index is 485. The van der Waals surface area contributed by atoms with Gasteiger partial charge < -0.3 is 4.74 Å². The summed E-state index contributed by atoms with van der Waals surface area (Å²) >= 11 is 11.7. The first-order valence-corrected chi connectivity index (χ1v) is 4.76. The van der Waals surface area contributed by atoms with E-state index in [0.717, 1.165) is 10.9 Å². The van der Waals surface area contributed by atoms with E-state index in [0.29, 0.717) is 15.9 Å². The third-order valence-corrected chi connectivity index (χ3v) is 2.34. The fraction of sp³-hybridized carbons (Fsp3) is 0.100. The van der Waals surface area contributed by atoms with Crippen LogP contribution < -0.4 is 4.74 Å². The van der Waals surface area contributed by atoms with E-state index in [-0.39, 0.29) is 0 Å². The molecule has 0 radical (unpaired) electrons. The quantitative estimate of drug-likeness (QED) is 0.696. The molecule has 2 nitrogen and oxygen atoms in total. The predicted molar refractivity (Wildman–Crippen MR) is 58.3 cm³/mol. The van der Waals surface area contributed by atoms with Gasteiger partial charge in [-0.2, -0.15) is 0 Å².